The number of halogens is 1. The van der Waals surface area contributed by atoms with Crippen LogP contribution in [0.4, 0.5) is 0 Å². The molecule has 1 heterocycles. The quantitative estimate of drug-likeness (QED) is 0.731. The standard InChI is InChI=1S/C13H23BrO3/c1-10-2-4-11(5-3-10)7-15-8-12-9-16-13(6-14)17-12/h10-13H,2-9H2,1H3. The van der Waals surface area contributed by atoms with E-state index < -0.39 is 0 Å². The third-order valence-electron chi connectivity index (χ3n) is 3.73. The maximum Gasteiger partial charge on any atom is 0.167 e. The summed E-state index contributed by atoms with van der Waals surface area (Å²) in [5.41, 5.74) is 0. The number of ether oxygens (including phenoxy) is 3. The number of rotatable bonds is 5. The molecule has 2 unspecified atom stereocenters. The van der Waals surface area contributed by atoms with Crippen LogP contribution < -0.4 is 0 Å². The lowest BCUT2D eigenvalue weighted by molar-refractivity contribution is -0.0580. The summed E-state index contributed by atoms with van der Waals surface area (Å²) in [4.78, 5) is 0. The minimum absolute atomic E-state index is 0.0841. The monoisotopic (exact) mass is 306 g/mol. The Morgan fingerprint density at radius 1 is 1.18 bits per heavy atom. The Labute approximate surface area is 112 Å². The first kappa shape index (κ1) is 13.8. The van der Waals surface area contributed by atoms with Gasteiger partial charge in [-0.3, -0.25) is 0 Å². The maximum atomic E-state index is 5.76. The molecule has 0 amide bonds. The van der Waals surface area contributed by atoms with Crippen LogP contribution in [-0.2, 0) is 14.2 Å². The summed E-state index contributed by atoms with van der Waals surface area (Å²) in [7, 11) is 0. The molecule has 0 N–H and O–H groups in total. The highest BCUT2D eigenvalue weighted by molar-refractivity contribution is 9.09. The van der Waals surface area contributed by atoms with Crippen molar-refractivity contribution in [1.29, 1.82) is 0 Å². The van der Waals surface area contributed by atoms with Crippen molar-refractivity contribution in [2.24, 2.45) is 11.8 Å². The van der Waals surface area contributed by atoms with Gasteiger partial charge in [-0.2, -0.15) is 0 Å². The van der Waals surface area contributed by atoms with Gasteiger partial charge in [0.15, 0.2) is 6.29 Å². The third-order valence-corrected chi connectivity index (χ3v) is 4.26. The topological polar surface area (TPSA) is 27.7 Å². The van der Waals surface area contributed by atoms with Crippen molar-refractivity contribution < 1.29 is 14.2 Å². The molecule has 1 saturated carbocycles. The van der Waals surface area contributed by atoms with E-state index in [1.165, 1.54) is 25.7 Å². The van der Waals surface area contributed by atoms with E-state index in [1.54, 1.807) is 0 Å². The van der Waals surface area contributed by atoms with Crippen LogP contribution in [0.1, 0.15) is 32.6 Å². The molecule has 2 fully saturated rings. The molecule has 1 saturated heterocycles. The van der Waals surface area contributed by atoms with E-state index in [0.717, 1.165) is 23.8 Å². The van der Waals surface area contributed by atoms with Gasteiger partial charge in [0, 0.05) is 6.61 Å². The summed E-state index contributed by atoms with van der Waals surface area (Å²) in [6, 6.07) is 0. The largest absolute Gasteiger partial charge is 0.378 e. The molecule has 2 rings (SSSR count). The second-order valence-electron chi connectivity index (χ2n) is 5.34. The molecule has 0 radical (unpaired) electrons. The zero-order valence-corrected chi connectivity index (χ0v) is 12.2. The van der Waals surface area contributed by atoms with Gasteiger partial charge < -0.3 is 14.2 Å². The van der Waals surface area contributed by atoms with Crippen molar-refractivity contribution in [3.63, 3.8) is 0 Å². The Hall–Kier alpha value is 0.360. The van der Waals surface area contributed by atoms with Crippen LogP contribution in [-0.4, -0.2) is 37.5 Å². The fourth-order valence-corrected chi connectivity index (χ4v) is 2.88. The van der Waals surface area contributed by atoms with Crippen molar-refractivity contribution >= 4 is 15.9 Å². The van der Waals surface area contributed by atoms with Crippen LogP contribution in [0.25, 0.3) is 0 Å². The lowest BCUT2D eigenvalue weighted by Crippen LogP contribution is -2.23. The van der Waals surface area contributed by atoms with Gasteiger partial charge in [0.05, 0.1) is 18.5 Å². The van der Waals surface area contributed by atoms with E-state index >= 15 is 0 Å². The summed E-state index contributed by atoms with van der Waals surface area (Å²) in [6.45, 7) is 4.58. The van der Waals surface area contributed by atoms with Gasteiger partial charge >= 0.3 is 0 Å². The van der Waals surface area contributed by atoms with E-state index in [9.17, 15) is 0 Å². The highest BCUT2D eigenvalue weighted by Gasteiger charge is 2.25. The summed E-state index contributed by atoms with van der Waals surface area (Å²) >= 11 is 3.35. The molecule has 2 atom stereocenters. The summed E-state index contributed by atoms with van der Waals surface area (Å²) in [5, 5.41) is 0.740. The average molecular weight is 307 g/mol. The first-order chi connectivity index (χ1) is 8.28. The van der Waals surface area contributed by atoms with Gasteiger partial charge in [0.25, 0.3) is 0 Å². The Kier molecular flexibility index (Phi) is 5.74. The van der Waals surface area contributed by atoms with Crippen LogP contribution in [0, 0.1) is 11.8 Å². The SMILES string of the molecule is CC1CCC(COCC2COC(CBr)O2)CC1. The summed E-state index contributed by atoms with van der Waals surface area (Å²) in [5.74, 6) is 1.68. The van der Waals surface area contributed by atoms with E-state index in [0.29, 0.717) is 13.2 Å². The van der Waals surface area contributed by atoms with Crippen LogP contribution in [0.15, 0.2) is 0 Å². The van der Waals surface area contributed by atoms with Gasteiger partial charge in [0.1, 0.15) is 6.10 Å². The van der Waals surface area contributed by atoms with Gasteiger partial charge in [-0.25, -0.2) is 0 Å². The Morgan fingerprint density at radius 3 is 2.59 bits per heavy atom. The van der Waals surface area contributed by atoms with E-state index in [-0.39, 0.29) is 12.4 Å². The molecule has 0 aromatic heterocycles. The lowest BCUT2D eigenvalue weighted by atomic mass is 9.83. The highest BCUT2D eigenvalue weighted by Crippen LogP contribution is 2.28. The highest BCUT2D eigenvalue weighted by atomic mass is 79.9. The average Bonchev–Trinajstić information content (AvgIpc) is 2.80. The smallest absolute Gasteiger partial charge is 0.167 e. The molecular weight excluding hydrogens is 284 g/mol. The number of hydrogen-bond acceptors (Lipinski definition) is 3. The van der Waals surface area contributed by atoms with Gasteiger partial charge in [0.2, 0.25) is 0 Å². The molecular formula is C13H23BrO3. The Balaban J connectivity index is 1.54. The molecule has 0 bridgehead atoms. The van der Waals surface area contributed by atoms with Crippen LogP contribution in [0.3, 0.4) is 0 Å². The van der Waals surface area contributed by atoms with Crippen LogP contribution in [0.2, 0.25) is 0 Å². The van der Waals surface area contributed by atoms with Crippen molar-refractivity contribution in [3.8, 4) is 0 Å². The normalized spacial score (nSPS) is 38.5. The number of alkyl halides is 1. The van der Waals surface area contributed by atoms with Crippen molar-refractivity contribution in [3.05, 3.63) is 0 Å². The second-order valence-corrected chi connectivity index (χ2v) is 5.99. The first-order valence-electron chi connectivity index (χ1n) is 6.68. The molecule has 17 heavy (non-hydrogen) atoms. The molecule has 100 valence electrons. The molecule has 4 heteroatoms. The zero-order chi connectivity index (χ0) is 12.1. The zero-order valence-electron chi connectivity index (χ0n) is 10.6. The molecule has 2 aliphatic rings. The summed E-state index contributed by atoms with van der Waals surface area (Å²) in [6.07, 6.45) is 5.42. The van der Waals surface area contributed by atoms with Crippen LogP contribution in [0.5, 0.6) is 0 Å². The third kappa shape index (κ3) is 4.51. The van der Waals surface area contributed by atoms with Gasteiger partial charge in [-0.05, 0) is 24.7 Å². The molecule has 3 nitrogen and oxygen atoms in total. The van der Waals surface area contributed by atoms with E-state index in [1.807, 2.05) is 0 Å². The molecule has 1 aliphatic carbocycles. The fraction of sp³-hybridized carbons (Fsp3) is 1.00. The first-order valence-corrected chi connectivity index (χ1v) is 7.81. The molecule has 0 aromatic carbocycles. The van der Waals surface area contributed by atoms with Crippen LogP contribution >= 0.6 is 15.9 Å². The van der Waals surface area contributed by atoms with Crippen molar-refractivity contribution in [2.75, 3.05) is 25.2 Å². The molecule has 0 aromatic rings. The predicted molar refractivity (Wildman–Crippen MR) is 70.3 cm³/mol. The second kappa shape index (κ2) is 7.07. The van der Waals surface area contributed by atoms with E-state index in [4.69, 9.17) is 14.2 Å². The van der Waals surface area contributed by atoms with E-state index in [2.05, 4.69) is 22.9 Å². The Bertz CT molecular complexity index is 215. The maximum absolute atomic E-state index is 5.76. The predicted octanol–water partition coefficient (Wildman–Crippen LogP) is 2.97. The number of hydrogen-bond donors (Lipinski definition) is 0. The summed E-state index contributed by atoms with van der Waals surface area (Å²) < 4.78 is 16.8. The minimum atomic E-state index is -0.0841. The Morgan fingerprint density at radius 2 is 1.94 bits per heavy atom. The van der Waals surface area contributed by atoms with Gasteiger partial charge in [-0.15, -0.1) is 0 Å². The lowest BCUT2D eigenvalue weighted by Gasteiger charge is -2.26. The van der Waals surface area contributed by atoms with Crippen molar-refractivity contribution in [2.45, 2.75) is 45.0 Å². The molecule has 1 aliphatic heterocycles. The minimum Gasteiger partial charge on any atom is -0.378 e. The molecule has 0 spiro atoms. The fourth-order valence-electron chi connectivity index (χ4n) is 2.54. The van der Waals surface area contributed by atoms with Gasteiger partial charge in [-0.1, -0.05) is 35.7 Å². The van der Waals surface area contributed by atoms with Crippen molar-refractivity contribution in [1.82, 2.24) is 0 Å².